The Labute approximate surface area is 148 Å². The van der Waals surface area contributed by atoms with Gasteiger partial charge in [0, 0.05) is 37.5 Å². The SMILES string of the molecule is COc1ccc(CCN2C(=O)c3ccc(N(C)C)cc3C2C#N)cc1. The van der Waals surface area contributed by atoms with Crippen LogP contribution < -0.4 is 9.64 Å². The van der Waals surface area contributed by atoms with Crippen molar-refractivity contribution in [2.75, 3.05) is 32.6 Å². The second-order valence-corrected chi connectivity index (χ2v) is 6.29. The van der Waals surface area contributed by atoms with Crippen LogP contribution in [-0.4, -0.2) is 38.6 Å². The minimum atomic E-state index is -0.527. The van der Waals surface area contributed by atoms with E-state index in [9.17, 15) is 10.1 Å². The number of nitriles is 1. The third-order valence-electron chi connectivity index (χ3n) is 4.57. The van der Waals surface area contributed by atoms with Crippen molar-refractivity contribution in [1.29, 1.82) is 5.26 Å². The number of hydrogen-bond acceptors (Lipinski definition) is 4. The van der Waals surface area contributed by atoms with Crippen LogP contribution in [0.3, 0.4) is 0 Å². The van der Waals surface area contributed by atoms with Crippen molar-refractivity contribution in [3.05, 3.63) is 59.2 Å². The normalized spacial score (nSPS) is 15.7. The lowest BCUT2D eigenvalue weighted by Gasteiger charge is -2.20. The van der Waals surface area contributed by atoms with E-state index in [-0.39, 0.29) is 5.91 Å². The summed E-state index contributed by atoms with van der Waals surface area (Å²) in [5.41, 5.74) is 3.53. The second kappa shape index (κ2) is 6.86. The van der Waals surface area contributed by atoms with E-state index < -0.39 is 6.04 Å². The van der Waals surface area contributed by atoms with E-state index in [2.05, 4.69) is 6.07 Å². The summed E-state index contributed by atoms with van der Waals surface area (Å²) in [6.07, 6.45) is 0.697. The number of hydrogen-bond donors (Lipinski definition) is 0. The number of methoxy groups -OCH3 is 1. The number of ether oxygens (including phenoxy) is 1. The molecule has 25 heavy (non-hydrogen) atoms. The average Bonchev–Trinajstić information content (AvgIpc) is 2.91. The molecule has 1 atom stereocenters. The monoisotopic (exact) mass is 335 g/mol. The number of anilines is 1. The Morgan fingerprint density at radius 3 is 2.52 bits per heavy atom. The topological polar surface area (TPSA) is 56.6 Å². The molecule has 3 rings (SSSR count). The molecule has 1 heterocycles. The van der Waals surface area contributed by atoms with Crippen molar-refractivity contribution >= 4 is 11.6 Å². The van der Waals surface area contributed by atoms with Gasteiger partial charge < -0.3 is 14.5 Å². The highest BCUT2D eigenvalue weighted by Gasteiger charge is 2.36. The first-order valence-corrected chi connectivity index (χ1v) is 8.20. The van der Waals surface area contributed by atoms with Crippen molar-refractivity contribution in [3.63, 3.8) is 0 Å². The van der Waals surface area contributed by atoms with Gasteiger partial charge in [-0.1, -0.05) is 12.1 Å². The smallest absolute Gasteiger partial charge is 0.255 e. The Morgan fingerprint density at radius 2 is 1.92 bits per heavy atom. The zero-order valence-electron chi connectivity index (χ0n) is 14.7. The second-order valence-electron chi connectivity index (χ2n) is 6.29. The molecule has 1 amide bonds. The molecule has 1 aliphatic heterocycles. The Balaban J connectivity index is 1.79. The highest BCUT2D eigenvalue weighted by atomic mass is 16.5. The molecule has 0 saturated carbocycles. The zero-order chi connectivity index (χ0) is 18.0. The summed E-state index contributed by atoms with van der Waals surface area (Å²) in [5, 5.41) is 9.62. The first kappa shape index (κ1) is 16.8. The highest BCUT2D eigenvalue weighted by molar-refractivity contribution is 6.00. The van der Waals surface area contributed by atoms with Gasteiger partial charge in [0.2, 0.25) is 0 Å². The van der Waals surface area contributed by atoms with Gasteiger partial charge in [-0.3, -0.25) is 4.79 Å². The third-order valence-corrected chi connectivity index (χ3v) is 4.57. The molecule has 1 unspecified atom stereocenters. The molecule has 0 N–H and O–H groups in total. The number of carbonyl (C=O) groups excluding carboxylic acids is 1. The Bertz CT molecular complexity index is 822. The van der Waals surface area contributed by atoms with Crippen molar-refractivity contribution in [3.8, 4) is 11.8 Å². The molecule has 0 spiro atoms. The molecule has 1 aliphatic rings. The molecule has 5 nitrogen and oxygen atoms in total. The van der Waals surface area contributed by atoms with E-state index in [0.29, 0.717) is 18.5 Å². The van der Waals surface area contributed by atoms with Crippen molar-refractivity contribution in [2.45, 2.75) is 12.5 Å². The predicted molar refractivity (Wildman–Crippen MR) is 96.9 cm³/mol. The maximum atomic E-state index is 12.7. The first-order chi connectivity index (χ1) is 12.0. The lowest BCUT2D eigenvalue weighted by molar-refractivity contribution is 0.0759. The molecule has 0 radical (unpaired) electrons. The van der Waals surface area contributed by atoms with Crippen LogP contribution in [0.25, 0.3) is 0 Å². The molecule has 5 heteroatoms. The van der Waals surface area contributed by atoms with Crippen molar-refractivity contribution < 1.29 is 9.53 Å². The van der Waals surface area contributed by atoms with Crippen LogP contribution >= 0.6 is 0 Å². The van der Waals surface area contributed by atoms with E-state index in [1.807, 2.05) is 61.5 Å². The number of rotatable bonds is 5. The highest BCUT2D eigenvalue weighted by Crippen LogP contribution is 2.35. The summed E-state index contributed by atoms with van der Waals surface area (Å²) in [5.74, 6) is 0.736. The van der Waals surface area contributed by atoms with Crippen molar-refractivity contribution in [2.24, 2.45) is 0 Å². The van der Waals surface area contributed by atoms with E-state index in [1.54, 1.807) is 12.0 Å². The fourth-order valence-electron chi connectivity index (χ4n) is 3.10. The maximum Gasteiger partial charge on any atom is 0.255 e. The van der Waals surface area contributed by atoms with Crippen LogP contribution in [0.4, 0.5) is 5.69 Å². The van der Waals surface area contributed by atoms with Crippen LogP contribution in [0.2, 0.25) is 0 Å². The summed E-state index contributed by atoms with van der Waals surface area (Å²) in [7, 11) is 5.53. The molecule has 128 valence electrons. The van der Waals surface area contributed by atoms with Crippen LogP contribution in [0, 0.1) is 11.3 Å². The van der Waals surface area contributed by atoms with Crippen LogP contribution in [0.5, 0.6) is 5.75 Å². The molecule has 2 aromatic carbocycles. The zero-order valence-corrected chi connectivity index (χ0v) is 14.7. The van der Waals surface area contributed by atoms with Gasteiger partial charge in [-0.2, -0.15) is 5.26 Å². The Kier molecular flexibility index (Phi) is 4.62. The van der Waals surface area contributed by atoms with E-state index in [0.717, 1.165) is 22.6 Å². The van der Waals surface area contributed by atoms with E-state index in [4.69, 9.17) is 4.74 Å². The Morgan fingerprint density at radius 1 is 1.20 bits per heavy atom. The quantitative estimate of drug-likeness (QED) is 0.843. The Hall–Kier alpha value is -3.00. The van der Waals surface area contributed by atoms with Gasteiger partial charge in [0.25, 0.3) is 5.91 Å². The molecule has 0 aliphatic carbocycles. The van der Waals surface area contributed by atoms with Gasteiger partial charge in [-0.15, -0.1) is 0 Å². The van der Waals surface area contributed by atoms with Gasteiger partial charge in [-0.25, -0.2) is 0 Å². The van der Waals surface area contributed by atoms with E-state index >= 15 is 0 Å². The number of benzene rings is 2. The molecule has 0 bridgehead atoms. The molecule has 0 aromatic heterocycles. The predicted octanol–water partition coefficient (Wildman–Crippen LogP) is 3.02. The van der Waals surface area contributed by atoms with Gasteiger partial charge in [-0.05, 0) is 42.3 Å². The summed E-state index contributed by atoms with van der Waals surface area (Å²) < 4.78 is 5.16. The largest absolute Gasteiger partial charge is 0.497 e. The number of fused-ring (bicyclic) bond motifs is 1. The van der Waals surface area contributed by atoms with Gasteiger partial charge in [0.1, 0.15) is 11.8 Å². The fraction of sp³-hybridized carbons (Fsp3) is 0.300. The lowest BCUT2D eigenvalue weighted by atomic mass is 10.0. The van der Waals surface area contributed by atoms with E-state index in [1.165, 1.54) is 0 Å². The minimum absolute atomic E-state index is 0.0691. The summed E-state index contributed by atoms with van der Waals surface area (Å²) in [4.78, 5) is 16.3. The number of carbonyl (C=O) groups is 1. The van der Waals surface area contributed by atoms with Gasteiger partial charge >= 0.3 is 0 Å². The minimum Gasteiger partial charge on any atom is -0.497 e. The molecule has 0 fully saturated rings. The van der Waals surface area contributed by atoms with Gasteiger partial charge in [0.15, 0.2) is 0 Å². The number of amides is 1. The van der Waals surface area contributed by atoms with Crippen LogP contribution in [0.1, 0.15) is 27.5 Å². The molecular formula is C20H21N3O2. The average molecular weight is 335 g/mol. The van der Waals surface area contributed by atoms with Crippen LogP contribution in [0.15, 0.2) is 42.5 Å². The molecule has 2 aromatic rings. The summed E-state index contributed by atoms with van der Waals surface area (Å²) >= 11 is 0. The number of nitrogens with zero attached hydrogens (tertiary/aromatic N) is 3. The lowest BCUT2D eigenvalue weighted by Crippen LogP contribution is -2.29. The summed E-state index contributed by atoms with van der Waals surface area (Å²) in [6, 6.07) is 15.2. The first-order valence-electron chi connectivity index (χ1n) is 8.20. The standard InChI is InChI=1S/C20H21N3O2/c1-22(2)15-6-9-17-18(12-15)19(13-21)23(20(17)24)11-10-14-4-7-16(25-3)8-5-14/h4-9,12,19H,10-11H2,1-3H3. The molecular weight excluding hydrogens is 314 g/mol. The third kappa shape index (κ3) is 3.16. The van der Waals surface area contributed by atoms with Crippen molar-refractivity contribution in [1.82, 2.24) is 4.90 Å². The summed E-state index contributed by atoms with van der Waals surface area (Å²) in [6.45, 7) is 0.509. The van der Waals surface area contributed by atoms with Crippen LogP contribution in [-0.2, 0) is 6.42 Å². The maximum absolute atomic E-state index is 12.7. The molecule has 0 saturated heterocycles. The fourth-order valence-corrected chi connectivity index (χ4v) is 3.10. The van der Waals surface area contributed by atoms with Gasteiger partial charge in [0.05, 0.1) is 13.2 Å².